The lowest BCUT2D eigenvalue weighted by Crippen LogP contribution is -2.25. The lowest BCUT2D eigenvalue weighted by atomic mass is 10.2. The van der Waals surface area contributed by atoms with Crippen LogP contribution in [0.25, 0.3) is 11.0 Å². The molecule has 0 bridgehead atoms. The van der Waals surface area contributed by atoms with Crippen molar-refractivity contribution >= 4 is 28.3 Å². The second kappa shape index (κ2) is 9.47. The Morgan fingerprint density at radius 3 is 2.69 bits per heavy atom. The van der Waals surface area contributed by atoms with E-state index in [0.29, 0.717) is 0 Å². The molecule has 10 heteroatoms. The third kappa shape index (κ3) is 5.31. The number of aromatic amines is 1. The molecule has 0 spiro atoms. The fourth-order valence-electron chi connectivity index (χ4n) is 3.31. The molecule has 166 valence electrons. The molecule has 0 aliphatic rings. The van der Waals surface area contributed by atoms with Gasteiger partial charge in [-0.05, 0) is 43.5 Å². The number of imidazole rings is 1. The average molecular weight is 459 g/mol. The number of rotatable bonds is 8. The van der Waals surface area contributed by atoms with E-state index < -0.39 is 17.6 Å². The number of H-pyrrole nitrogens is 1. The molecular weight excluding hydrogens is 439 g/mol. The van der Waals surface area contributed by atoms with E-state index in [1.165, 1.54) is 23.6 Å². The Bertz CT molecular complexity index is 1180. The van der Waals surface area contributed by atoms with Gasteiger partial charge in [-0.15, -0.1) is 11.3 Å². The van der Waals surface area contributed by atoms with Crippen LogP contribution in [-0.4, -0.2) is 25.8 Å². The summed E-state index contributed by atoms with van der Waals surface area (Å²) in [6.45, 7) is -0.321. The van der Waals surface area contributed by atoms with Crippen molar-refractivity contribution in [2.45, 2.75) is 38.4 Å². The van der Waals surface area contributed by atoms with Gasteiger partial charge >= 0.3 is 6.18 Å². The fraction of sp³-hybridized carbons (Fsp3) is 0.273. The summed E-state index contributed by atoms with van der Waals surface area (Å²) in [4.78, 5) is 28.2. The van der Waals surface area contributed by atoms with E-state index in [1.807, 2.05) is 24.3 Å². The van der Waals surface area contributed by atoms with Crippen molar-refractivity contribution in [2.24, 2.45) is 0 Å². The van der Waals surface area contributed by atoms with Crippen LogP contribution in [0.1, 0.15) is 45.4 Å². The van der Waals surface area contributed by atoms with Gasteiger partial charge in [0.25, 0.3) is 5.91 Å². The second-order valence-electron chi connectivity index (χ2n) is 7.21. The van der Waals surface area contributed by atoms with Crippen molar-refractivity contribution in [3.05, 3.63) is 75.8 Å². The number of amides is 1. The van der Waals surface area contributed by atoms with Gasteiger partial charge in [-0.2, -0.15) is 13.2 Å². The average Bonchev–Trinajstić information content (AvgIpc) is 3.41. The maximum atomic E-state index is 13.0. The molecule has 6 nitrogen and oxygen atoms in total. The quantitative estimate of drug-likeness (QED) is 0.366. The summed E-state index contributed by atoms with van der Waals surface area (Å²) < 4.78 is 39.1. The highest BCUT2D eigenvalue weighted by Gasteiger charge is 2.33. The summed E-state index contributed by atoms with van der Waals surface area (Å²) in [5, 5.41) is 4.90. The first-order chi connectivity index (χ1) is 15.4. The number of alkyl halides is 3. The van der Waals surface area contributed by atoms with Crippen LogP contribution < -0.4 is 5.32 Å². The smallest absolute Gasteiger partial charge is 0.345 e. The number of aryl methyl sites for hydroxylation is 2. The topological polar surface area (TPSA) is 83.6 Å². The van der Waals surface area contributed by atoms with E-state index in [1.54, 1.807) is 5.38 Å². The molecule has 0 aliphatic carbocycles. The van der Waals surface area contributed by atoms with Crippen LogP contribution in [0.3, 0.4) is 0 Å². The van der Waals surface area contributed by atoms with E-state index in [9.17, 15) is 18.0 Å². The van der Waals surface area contributed by atoms with E-state index in [-0.39, 0.29) is 17.9 Å². The number of pyridine rings is 1. The first kappa shape index (κ1) is 21.9. The van der Waals surface area contributed by atoms with Gasteiger partial charge in [0.15, 0.2) is 0 Å². The number of halogens is 3. The van der Waals surface area contributed by atoms with E-state index in [0.717, 1.165) is 53.6 Å². The highest BCUT2D eigenvalue weighted by Crippen LogP contribution is 2.30. The number of para-hydroxylation sites is 2. The molecule has 3 heterocycles. The molecule has 0 saturated carbocycles. The Kier molecular flexibility index (Phi) is 6.50. The molecule has 0 unspecified atom stereocenters. The van der Waals surface area contributed by atoms with Gasteiger partial charge in [0.05, 0.1) is 33.8 Å². The van der Waals surface area contributed by atoms with E-state index >= 15 is 0 Å². The van der Waals surface area contributed by atoms with Crippen LogP contribution in [0.4, 0.5) is 13.2 Å². The lowest BCUT2D eigenvalue weighted by Gasteiger charge is -2.11. The highest BCUT2D eigenvalue weighted by molar-refractivity contribution is 7.09. The van der Waals surface area contributed by atoms with Gasteiger partial charge in [-0.25, -0.2) is 9.97 Å². The van der Waals surface area contributed by atoms with Gasteiger partial charge in [0.1, 0.15) is 11.5 Å². The van der Waals surface area contributed by atoms with Crippen molar-refractivity contribution in [3.63, 3.8) is 0 Å². The zero-order valence-corrected chi connectivity index (χ0v) is 17.8. The van der Waals surface area contributed by atoms with Crippen LogP contribution >= 0.6 is 11.3 Å². The maximum absolute atomic E-state index is 13.0. The lowest BCUT2D eigenvalue weighted by molar-refractivity contribution is -0.138. The number of unbranched alkanes of at least 4 members (excludes halogenated alkanes) is 1. The zero-order chi connectivity index (χ0) is 22.6. The molecule has 1 aromatic carbocycles. The molecule has 4 rings (SSSR count). The summed E-state index contributed by atoms with van der Waals surface area (Å²) in [6, 6.07) is 10.0. The third-order valence-corrected chi connectivity index (χ3v) is 5.80. The van der Waals surface area contributed by atoms with Crippen molar-refractivity contribution in [1.29, 1.82) is 0 Å². The number of fused-ring (bicyclic) bond motifs is 1. The maximum Gasteiger partial charge on any atom is 0.418 e. The largest absolute Gasteiger partial charge is 0.418 e. The van der Waals surface area contributed by atoms with Crippen LogP contribution in [0, 0.1) is 0 Å². The Morgan fingerprint density at radius 2 is 1.88 bits per heavy atom. The van der Waals surface area contributed by atoms with Crippen molar-refractivity contribution in [1.82, 2.24) is 25.3 Å². The standard InChI is InChI=1S/C22H20F3N5OS/c23-22(24,25)14-6-5-11-26-17(14)12-27-21(31)18-13-32-20(30-18)10-4-3-9-19-28-15-7-1-2-8-16(15)29-19/h1-2,5-8,11,13H,3-4,9-10,12H2,(H,27,31)(H,28,29). The van der Waals surface area contributed by atoms with Crippen molar-refractivity contribution < 1.29 is 18.0 Å². The first-order valence-electron chi connectivity index (χ1n) is 10.1. The molecule has 4 aromatic rings. The van der Waals surface area contributed by atoms with E-state index in [2.05, 4.69) is 25.3 Å². The monoisotopic (exact) mass is 459 g/mol. The number of thiazole rings is 1. The van der Waals surface area contributed by atoms with Gasteiger partial charge in [0, 0.05) is 18.0 Å². The number of nitrogens with zero attached hydrogens (tertiary/aromatic N) is 3. The summed E-state index contributed by atoms with van der Waals surface area (Å²) in [5.41, 5.74) is 1.09. The Hall–Kier alpha value is -3.27. The SMILES string of the molecule is O=C(NCc1ncccc1C(F)(F)F)c1csc(CCCCc2nc3ccccc3[nH]2)n1. The number of carbonyl (C=O) groups is 1. The van der Waals surface area contributed by atoms with Crippen LogP contribution in [0.5, 0.6) is 0 Å². The number of carbonyl (C=O) groups excluding carboxylic acids is 1. The number of aromatic nitrogens is 4. The zero-order valence-electron chi connectivity index (χ0n) is 16.9. The Morgan fingerprint density at radius 1 is 1.06 bits per heavy atom. The fourth-order valence-corrected chi connectivity index (χ4v) is 4.13. The summed E-state index contributed by atoms with van der Waals surface area (Å²) in [6.07, 6.45) is 0.0818. The van der Waals surface area contributed by atoms with Crippen molar-refractivity contribution in [2.75, 3.05) is 0 Å². The summed E-state index contributed by atoms with van der Waals surface area (Å²) in [5.74, 6) is 0.423. The molecule has 32 heavy (non-hydrogen) atoms. The predicted octanol–water partition coefficient (Wildman–Crippen LogP) is 4.93. The van der Waals surface area contributed by atoms with Crippen LogP contribution in [0.2, 0.25) is 0 Å². The van der Waals surface area contributed by atoms with Gasteiger partial charge < -0.3 is 10.3 Å². The van der Waals surface area contributed by atoms with Gasteiger partial charge in [0.2, 0.25) is 0 Å². The summed E-state index contributed by atoms with van der Waals surface area (Å²) in [7, 11) is 0. The first-order valence-corrected chi connectivity index (χ1v) is 11.0. The molecule has 0 radical (unpaired) electrons. The minimum Gasteiger partial charge on any atom is -0.345 e. The molecule has 1 amide bonds. The van der Waals surface area contributed by atoms with Gasteiger partial charge in [-0.3, -0.25) is 9.78 Å². The second-order valence-corrected chi connectivity index (χ2v) is 8.15. The van der Waals surface area contributed by atoms with Crippen LogP contribution in [-0.2, 0) is 25.6 Å². The number of hydrogen-bond acceptors (Lipinski definition) is 5. The predicted molar refractivity (Wildman–Crippen MR) is 115 cm³/mol. The normalized spacial score (nSPS) is 11.7. The number of nitrogens with one attached hydrogen (secondary N) is 2. The molecule has 3 aromatic heterocycles. The third-order valence-electron chi connectivity index (χ3n) is 4.89. The summed E-state index contributed by atoms with van der Waals surface area (Å²) >= 11 is 1.37. The number of benzene rings is 1. The molecule has 2 N–H and O–H groups in total. The van der Waals surface area contributed by atoms with Crippen molar-refractivity contribution in [3.8, 4) is 0 Å². The molecular formula is C22H20F3N5OS. The molecule has 0 fully saturated rings. The molecule has 0 aliphatic heterocycles. The highest BCUT2D eigenvalue weighted by atomic mass is 32.1. The van der Waals surface area contributed by atoms with E-state index in [4.69, 9.17) is 0 Å². The number of hydrogen-bond donors (Lipinski definition) is 2. The Balaban J connectivity index is 1.26. The minimum absolute atomic E-state index is 0.201. The van der Waals surface area contributed by atoms with Gasteiger partial charge in [-0.1, -0.05) is 12.1 Å². The Labute approximate surface area is 185 Å². The minimum atomic E-state index is -4.52. The molecule has 0 atom stereocenters. The van der Waals surface area contributed by atoms with Crippen LogP contribution in [0.15, 0.2) is 48.0 Å². The molecule has 0 saturated heterocycles.